The number of carboxylic acid groups (broad SMARTS) is 1. The molecule has 8 nitrogen and oxygen atoms in total. The lowest BCUT2D eigenvalue weighted by Crippen LogP contribution is -2.53. The van der Waals surface area contributed by atoms with Crippen molar-refractivity contribution in [2.45, 2.75) is 19.2 Å². The highest BCUT2D eigenvalue weighted by Crippen LogP contribution is 2.14. The van der Waals surface area contributed by atoms with Crippen molar-refractivity contribution in [2.75, 3.05) is 0 Å². The molecule has 2 amide bonds. The quantitative estimate of drug-likeness (QED) is 0.370. The number of nitrogens with one attached hydrogen (secondary N) is 1. The molecule has 0 radical (unpaired) electrons. The van der Waals surface area contributed by atoms with Crippen LogP contribution in [0.5, 0.6) is 5.75 Å². The SMILES string of the molecule is NCc1ccc(C(=O)NN(Cc2ccccc2)C(=O)C(Oc2ccccc2)C(=O)O)cc1. The van der Waals surface area contributed by atoms with Gasteiger partial charge in [0.05, 0.1) is 6.54 Å². The minimum absolute atomic E-state index is 0.0474. The number of para-hydroxylation sites is 1. The highest BCUT2D eigenvalue weighted by atomic mass is 16.5. The summed E-state index contributed by atoms with van der Waals surface area (Å²) in [6.45, 7) is 0.284. The van der Waals surface area contributed by atoms with Gasteiger partial charge < -0.3 is 15.6 Å². The van der Waals surface area contributed by atoms with Crippen LogP contribution in [0.25, 0.3) is 0 Å². The van der Waals surface area contributed by atoms with E-state index in [0.717, 1.165) is 10.6 Å². The Balaban J connectivity index is 1.85. The maximum absolute atomic E-state index is 13.1. The molecule has 0 bridgehead atoms. The van der Waals surface area contributed by atoms with E-state index in [1.807, 2.05) is 6.07 Å². The van der Waals surface area contributed by atoms with Crippen LogP contribution in [-0.2, 0) is 22.7 Å². The topological polar surface area (TPSA) is 122 Å². The van der Waals surface area contributed by atoms with Crippen LogP contribution in [0, 0.1) is 0 Å². The van der Waals surface area contributed by atoms with Crippen molar-refractivity contribution in [3.63, 3.8) is 0 Å². The Morgan fingerprint density at radius 2 is 1.47 bits per heavy atom. The van der Waals surface area contributed by atoms with Crippen LogP contribution in [0.4, 0.5) is 0 Å². The molecule has 164 valence electrons. The summed E-state index contributed by atoms with van der Waals surface area (Å²) in [5.74, 6) is -2.74. The molecular weight excluding hydrogens is 410 g/mol. The van der Waals surface area contributed by atoms with E-state index in [4.69, 9.17) is 10.5 Å². The average Bonchev–Trinajstić information content (AvgIpc) is 2.83. The number of nitrogens with zero attached hydrogens (tertiary/aromatic N) is 1. The first-order valence-corrected chi connectivity index (χ1v) is 9.87. The highest BCUT2D eigenvalue weighted by molar-refractivity contribution is 6.02. The number of hydrazine groups is 1. The molecule has 0 aliphatic rings. The van der Waals surface area contributed by atoms with Gasteiger partial charge >= 0.3 is 5.97 Å². The Kier molecular flexibility index (Phi) is 7.55. The average molecular weight is 433 g/mol. The lowest BCUT2D eigenvalue weighted by Gasteiger charge is -2.26. The summed E-state index contributed by atoms with van der Waals surface area (Å²) in [4.78, 5) is 37.8. The molecule has 0 spiro atoms. The van der Waals surface area contributed by atoms with Crippen LogP contribution in [0.15, 0.2) is 84.9 Å². The van der Waals surface area contributed by atoms with E-state index in [1.54, 1.807) is 78.9 Å². The van der Waals surface area contributed by atoms with E-state index in [9.17, 15) is 19.5 Å². The van der Waals surface area contributed by atoms with Crippen molar-refractivity contribution in [3.8, 4) is 5.75 Å². The van der Waals surface area contributed by atoms with Crippen LogP contribution >= 0.6 is 0 Å². The molecule has 3 aromatic rings. The molecule has 0 aromatic heterocycles. The van der Waals surface area contributed by atoms with Gasteiger partial charge in [0.15, 0.2) is 0 Å². The standard InChI is InChI=1S/C24H23N3O5/c25-15-17-11-13-19(14-12-17)22(28)26-27(16-18-7-3-1-4-8-18)23(29)21(24(30)31)32-20-9-5-2-6-10-20/h1-14,21H,15-16,25H2,(H,26,28)(H,30,31). The molecule has 4 N–H and O–H groups in total. The third-order valence-corrected chi connectivity index (χ3v) is 4.58. The molecular formula is C24H23N3O5. The van der Waals surface area contributed by atoms with E-state index in [-0.39, 0.29) is 12.3 Å². The Morgan fingerprint density at radius 1 is 0.875 bits per heavy atom. The molecule has 3 rings (SSSR count). The monoisotopic (exact) mass is 433 g/mol. The molecule has 0 saturated heterocycles. The van der Waals surface area contributed by atoms with Crippen molar-refractivity contribution in [1.82, 2.24) is 10.4 Å². The fraction of sp³-hybridized carbons (Fsp3) is 0.125. The minimum Gasteiger partial charge on any atom is -0.478 e. The lowest BCUT2D eigenvalue weighted by molar-refractivity contribution is -0.157. The van der Waals surface area contributed by atoms with E-state index >= 15 is 0 Å². The van der Waals surface area contributed by atoms with Crippen LogP contribution in [0.2, 0.25) is 0 Å². The van der Waals surface area contributed by atoms with Crippen molar-refractivity contribution in [3.05, 3.63) is 102 Å². The first kappa shape index (κ1) is 22.5. The second-order valence-corrected chi connectivity index (χ2v) is 6.90. The van der Waals surface area contributed by atoms with Crippen molar-refractivity contribution < 1.29 is 24.2 Å². The number of carboxylic acids is 1. The normalized spacial score (nSPS) is 11.3. The van der Waals surface area contributed by atoms with E-state index in [2.05, 4.69) is 5.43 Å². The predicted molar refractivity (Wildman–Crippen MR) is 117 cm³/mol. The summed E-state index contributed by atoms with van der Waals surface area (Å²) in [5.41, 5.74) is 9.94. The van der Waals surface area contributed by atoms with Crippen molar-refractivity contribution in [2.24, 2.45) is 5.73 Å². The zero-order valence-electron chi connectivity index (χ0n) is 17.2. The Bertz CT molecular complexity index is 1060. The van der Waals surface area contributed by atoms with Gasteiger partial charge in [-0.3, -0.25) is 15.0 Å². The smallest absolute Gasteiger partial charge is 0.355 e. The molecule has 0 fully saturated rings. The fourth-order valence-electron chi connectivity index (χ4n) is 2.90. The highest BCUT2D eigenvalue weighted by Gasteiger charge is 2.34. The second-order valence-electron chi connectivity index (χ2n) is 6.90. The number of hydrogen-bond donors (Lipinski definition) is 3. The van der Waals surface area contributed by atoms with Gasteiger partial charge in [-0.1, -0.05) is 60.7 Å². The van der Waals surface area contributed by atoms with Gasteiger partial charge in [0.25, 0.3) is 17.9 Å². The number of benzene rings is 3. The zero-order valence-corrected chi connectivity index (χ0v) is 17.2. The summed E-state index contributed by atoms with van der Waals surface area (Å²) in [5, 5.41) is 10.6. The van der Waals surface area contributed by atoms with Crippen LogP contribution in [0.3, 0.4) is 0 Å². The second kappa shape index (κ2) is 10.7. The summed E-state index contributed by atoms with van der Waals surface area (Å²) in [6, 6.07) is 23.6. The van der Waals surface area contributed by atoms with Gasteiger partial charge in [-0.2, -0.15) is 0 Å². The minimum atomic E-state index is -1.85. The molecule has 32 heavy (non-hydrogen) atoms. The molecule has 0 aliphatic carbocycles. The number of amides is 2. The Hall–Kier alpha value is -4.17. The third-order valence-electron chi connectivity index (χ3n) is 4.58. The molecule has 3 aromatic carbocycles. The van der Waals surface area contributed by atoms with Gasteiger partial charge in [0.1, 0.15) is 5.75 Å². The number of hydrogen-bond acceptors (Lipinski definition) is 5. The van der Waals surface area contributed by atoms with E-state index < -0.39 is 23.9 Å². The zero-order chi connectivity index (χ0) is 22.9. The number of aliphatic carboxylic acids is 1. The number of carbonyl (C=O) groups excluding carboxylic acids is 2. The number of rotatable bonds is 8. The van der Waals surface area contributed by atoms with Crippen LogP contribution < -0.4 is 15.9 Å². The van der Waals surface area contributed by atoms with Crippen molar-refractivity contribution >= 4 is 17.8 Å². The Labute approximate surface area is 185 Å². The van der Waals surface area contributed by atoms with Crippen LogP contribution in [-0.4, -0.2) is 34.0 Å². The van der Waals surface area contributed by atoms with Crippen LogP contribution in [0.1, 0.15) is 21.5 Å². The molecule has 1 unspecified atom stereocenters. The number of ether oxygens (including phenoxy) is 1. The first-order valence-electron chi connectivity index (χ1n) is 9.87. The van der Waals surface area contributed by atoms with Gasteiger partial charge in [-0.15, -0.1) is 0 Å². The number of nitrogens with two attached hydrogens (primary N) is 1. The summed E-state index contributed by atoms with van der Waals surface area (Å²) in [6.07, 6.45) is -1.85. The maximum atomic E-state index is 13.1. The lowest BCUT2D eigenvalue weighted by atomic mass is 10.1. The molecule has 0 saturated carbocycles. The van der Waals surface area contributed by atoms with Crippen molar-refractivity contribution in [1.29, 1.82) is 0 Å². The summed E-state index contributed by atoms with van der Waals surface area (Å²) >= 11 is 0. The maximum Gasteiger partial charge on any atom is 0.355 e. The van der Waals surface area contributed by atoms with Gasteiger partial charge in [-0.05, 0) is 35.4 Å². The molecule has 1 atom stereocenters. The Morgan fingerprint density at radius 3 is 2.03 bits per heavy atom. The number of carbonyl (C=O) groups is 3. The van der Waals surface area contributed by atoms with E-state index in [0.29, 0.717) is 17.7 Å². The summed E-state index contributed by atoms with van der Waals surface area (Å²) in [7, 11) is 0. The fourth-order valence-corrected chi connectivity index (χ4v) is 2.90. The molecule has 0 aliphatic heterocycles. The predicted octanol–water partition coefficient (Wildman–Crippen LogP) is 2.35. The van der Waals surface area contributed by atoms with Gasteiger partial charge in [0.2, 0.25) is 0 Å². The van der Waals surface area contributed by atoms with Gasteiger partial charge in [-0.25, -0.2) is 9.80 Å². The molecule has 8 heteroatoms. The van der Waals surface area contributed by atoms with Gasteiger partial charge in [0, 0.05) is 12.1 Å². The third kappa shape index (κ3) is 5.93. The molecule has 0 heterocycles. The first-order chi connectivity index (χ1) is 15.5. The van der Waals surface area contributed by atoms with E-state index in [1.165, 1.54) is 0 Å². The summed E-state index contributed by atoms with van der Waals surface area (Å²) < 4.78 is 5.42. The largest absolute Gasteiger partial charge is 0.478 e.